The van der Waals surface area contributed by atoms with E-state index >= 15 is 0 Å². The van der Waals surface area contributed by atoms with Crippen LogP contribution >= 0.6 is 11.6 Å². The minimum absolute atomic E-state index is 0.0908. The molecule has 0 fully saturated rings. The topological polar surface area (TPSA) is 92.9 Å². The molecule has 3 aromatic rings. The van der Waals surface area contributed by atoms with Gasteiger partial charge >= 0.3 is 11.0 Å². The van der Waals surface area contributed by atoms with Crippen LogP contribution in [0, 0.1) is 11.3 Å². The Balaban J connectivity index is 2.64. The van der Waals surface area contributed by atoms with E-state index < -0.39 is 27.8 Å². The minimum Gasteiger partial charge on any atom is -0.421 e. The number of nitrogens with zero attached hydrogens (tertiary/aromatic N) is 2. The SMILES string of the molecule is N#Cc1c(C(F)(F)Cl)nc2c(=O)oc3ccccc3c2c1N. The van der Waals surface area contributed by atoms with Gasteiger partial charge in [-0.2, -0.15) is 14.0 Å². The molecule has 0 radical (unpaired) electrons. The third-order valence-electron chi connectivity index (χ3n) is 3.17. The van der Waals surface area contributed by atoms with Gasteiger partial charge < -0.3 is 10.2 Å². The maximum absolute atomic E-state index is 13.4. The highest BCUT2D eigenvalue weighted by Gasteiger charge is 2.35. The number of hydrogen-bond donors (Lipinski definition) is 1. The molecule has 0 amide bonds. The lowest BCUT2D eigenvalue weighted by Gasteiger charge is -2.13. The first-order valence-corrected chi connectivity index (χ1v) is 6.34. The summed E-state index contributed by atoms with van der Waals surface area (Å²) in [6, 6.07) is 7.95. The molecule has 3 rings (SSSR count). The molecule has 22 heavy (non-hydrogen) atoms. The third kappa shape index (κ3) is 1.96. The number of para-hydroxylation sites is 1. The highest BCUT2D eigenvalue weighted by atomic mass is 35.5. The Morgan fingerprint density at radius 1 is 1.36 bits per heavy atom. The molecule has 0 saturated carbocycles. The lowest BCUT2D eigenvalue weighted by Crippen LogP contribution is -2.15. The quantitative estimate of drug-likeness (QED) is 0.422. The van der Waals surface area contributed by atoms with Crippen molar-refractivity contribution in [2.45, 2.75) is 5.38 Å². The molecule has 0 atom stereocenters. The van der Waals surface area contributed by atoms with E-state index in [9.17, 15) is 13.6 Å². The summed E-state index contributed by atoms with van der Waals surface area (Å²) in [4.78, 5) is 15.5. The Hall–Kier alpha value is -2.72. The molecule has 5 nitrogen and oxygen atoms in total. The number of anilines is 1. The Morgan fingerprint density at radius 3 is 2.68 bits per heavy atom. The van der Waals surface area contributed by atoms with Crippen molar-refractivity contribution in [1.29, 1.82) is 5.26 Å². The molecule has 2 aromatic heterocycles. The van der Waals surface area contributed by atoms with Crippen LogP contribution in [-0.4, -0.2) is 4.98 Å². The number of pyridine rings is 1. The van der Waals surface area contributed by atoms with Gasteiger partial charge in [-0.05, 0) is 17.7 Å². The molecule has 1 aromatic carbocycles. The van der Waals surface area contributed by atoms with Gasteiger partial charge in [-0.15, -0.1) is 0 Å². The van der Waals surface area contributed by atoms with Crippen LogP contribution in [0.2, 0.25) is 0 Å². The fourth-order valence-electron chi connectivity index (χ4n) is 2.25. The number of hydrogen-bond acceptors (Lipinski definition) is 5. The fourth-order valence-corrected chi connectivity index (χ4v) is 2.39. The molecule has 0 bridgehead atoms. The van der Waals surface area contributed by atoms with E-state index in [1.165, 1.54) is 6.07 Å². The zero-order valence-electron chi connectivity index (χ0n) is 10.7. The summed E-state index contributed by atoms with van der Waals surface area (Å²) in [5.41, 5.74) is 2.79. The first-order chi connectivity index (χ1) is 10.3. The molecule has 8 heteroatoms. The van der Waals surface area contributed by atoms with E-state index in [0.717, 1.165) is 0 Å². The summed E-state index contributed by atoms with van der Waals surface area (Å²) in [7, 11) is 0. The van der Waals surface area contributed by atoms with Crippen molar-refractivity contribution >= 4 is 39.2 Å². The predicted octanol–water partition coefficient (Wildman–Crippen LogP) is 3.08. The van der Waals surface area contributed by atoms with Crippen LogP contribution < -0.4 is 11.4 Å². The van der Waals surface area contributed by atoms with E-state index in [4.69, 9.17) is 27.0 Å². The maximum Gasteiger partial charge on any atom is 0.366 e. The Kier molecular flexibility index (Phi) is 3.00. The monoisotopic (exact) mass is 321 g/mol. The molecule has 0 aliphatic heterocycles. The number of aromatic nitrogens is 1. The Labute approximate surface area is 126 Å². The fraction of sp³-hybridized carbons (Fsp3) is 0.0714. The van der Waals surface area contributed by atoms with Gasteiger partial charge in [0, 0.05) is 10.8 Å². The summed E-state index contributed by atoms with van der Waals surface area (Å²) < 4.78 is 31.9. The normalized spacial score (nSPS) is 11.7. The largest absolute Gasteiger partial charge is 0.421 e. The summed E-state index contributed by atoms with van der Waals surface area (Å²) in [5, 5.41) is 5.64. The first-order valence-electron chi connectivity index (χ1n) is 5.97. The number of nitrogen functional groups attached to an aromatic ring is 1. The van der Waals surface area contributed by atoms with Gasteiger partial charge in [0.05, 0.1) is 5.69 Å². The molecule has 0 aliphatic carbocycles. The second-order valence-electron chi connectivity index (χ2n) is 4.47. The maximum atomic E-state index is 13.4. The molecular weight excluding hydrogens is 316 g/mol. The molecule has 0 unspecified atom stereocenters. The Bertz CT molecular complexity index is 1020. The van der Waals surface area contributed by atoms with Gasteiger partial charge in [0.2, 0.25) is 0 Å². The lowest BCUT2D eigenvalue weighted by atomic mass is 10.0. The van der Waals surface area contributed by atoms with Crippen molar-refractivity contribution in [2.24, 2.45) is 0 Å². The summed E-state index contributed by atoms with van der Waals surface area (Å²) in [6.07, 6.45) is 0. The molecule has 110 valence electrons. The van der Waals surface area contributed by atoms with E-state index in [0.29, 0.717) is 5.39 Å². The summed E-state index contributed by atoms with van der Waals surface area (Å²) >= 11 is 4.95. The van der Waals surface area contributed by atoms with Crippen LogP contribution in [0.4, 0.5) is 14.5 Å². The smallest absolute Gasteiger partial charge is 0.366 e. The van der Waals surface area contributed by atoms with Gasteiger partial charge in [0.1, 0.15) is 22.9 Å². The van der Waals surface area contributed by atoms with Gasteiger partial charge in [-0.3, -0.25) is 0 Å². The van der Waals surface area contributed by atoms with Gasteiger partial charge in [-0.25, -0.2) is 9.78 Å². The van der Waals surface area contributed by atoms with Crippen molar-refractivity contribution in [2.75, 3.05) is 5.73 Å². The van der Waals surface area contributed by atoms with Crippen molar-refractivity contribution in [1.82, 2.24) is 4.98 Å². The van der Waals surface area contributed by atoms with Crippen molar-refractivity contribution < 1.29 is 13.2 Å². The van der Waals surface area contributed by atoms with Crippen LogP contribution in [0.3, 0.4) is 0 Å². The summed E-state index contributed by atoms with van der Waals surface area (Å²) in [6.45, 7) is 0. The highest BCUT2D eigenvalue weighted by Crippen LogP contribution is 2.38. The lowest BCUT2D eigenvalue weighted by molar-refractivity contribution is 0.0901. The van der Waals surface area contributed by atoms with Crippen molar-refractivity contribution in [3.63, 3.8) is 0 Å². The van der Waals surface area contributed by atoms with Crippen LogP contribution in [0.1, 0.15) is 11.3 Å². The van der Waals surface area contributed by atoms with Crippen LogP contribution in [0.15, 0.2) is 33.5 Å². The van der Waals surface area contributed by atoms with Crippen molar-refractivity contribution in [3.8, 4) is 6.07 Å². The Morgan fingerprint density at radius 2 is 2.05 bits per heavy atom. The highest BCUT2D eigenvalue weighted by molar-refractivity contribution is 6.22. The molecule has 2 N–H and O–H groups in total. The zero-order chi connectivity index (χ0) is 16.1. The van der Waals surface area contributed by atoms with Crippen LogP contribution in [-0.2, 0) is 5.38 Å². The van der Waals surface area contributed by atoms with Crippen LogP contribution in [0.5, 0.6) is 0 Å². The number of fused-ring (bicyclic) bond motifs is 3. The third-order valence-corrected chi connectivity index (χ3v) is 3.35. The molecule has 2 heterocycles. The van der Waals surface area contributed by atoms with Crippen molar-refractivity contribution in [3.05, 3.63) is 45.9 Å². The second-order valence-corrected chi connectivity index (χ2v) is 4.94. The van der Waals surface area contributed by atoms with Gasteiger partial charge in [0.25, 0.3) is 0 Å². The molecule has 0 aliphatic rings. The standard InChI is InChI=1S/C14H6ClF2N3O2/c15-14(16,17)12-7(5-18)10(19)9-6-3-1-2-4-8(6)22-13(21)11(9)20-12/h1-4H,(H2,19,20). The van der Waals surface area contributed by atoms with Gasteiger partial charge in [0.15, 0.2) is 5.52 Å². The second kappa shape index (κ2) is 4.64. The average Bonchev–Trinajstić information content (AvgIpc) is 2.46. The zero-order valence-corrected chi connectivity index (χ0v) is 11.5. The first kappa shape index (κ1) is 14.2. The molecule has 0 spiro atoms. The average molecular weight is 322 g/mol. The van der Waals surface area contributed by atoms with E-state index in [1.807, 2.05) is 0 Å². The number of benzene rings is 1. The number of alkyl halides is 3. The molecular formula is C14H6ClF2N3O2. The number of nitrogens with two attached hydrogens (primary N) is 1. The number of nitriles is 1. The molecule has 0 saturated heterocycles. The van der Waals surface area contributed by atoms with E-state index in [-0.39, 0.29) is 16.7 Å². The number of rotatable bonds is 1. The van der Waals surface area contributed by atoms with Gasteiger partial charge in [-0.1, -0.05) is 18.2 Å². The van der Waals surface area contributed by atoms with E-state index in [2.05, 4.69) is 4.98 Å². The number of halogens is 3. The van der Waals surface area contributed by atoms with Crippen LogP contribution in [0.25, 0.3) is 21.9 Å². The predicted molar refractivity (Wildman–Crippen MR) is 76.7 cm³/mol. The minimum atomic E-state index is -3.94. The van der Waals surface area contributed by atoms with E-state index in [1.54, 1.807) is 24.3 Å². The summed E-state index contributed by atoms with van der Waals surface area (Å²) in [5.74, 6) is 0.